The Morgan fingerprint density at radius 2 is 1.21 bits per heavy atom. The molecule has 0 saturated carbocycles. The molecule has 8 atom stereocenters. The first-order valence-corrected chi connectivity index (χ1v) is 16.8. The Morgan fingerprint density at radius 1 is 0.623 bits per heavy atom. The minimum atomic E-state index is -2.91. The SMILES string of the molecule is CC1(C)OC(C)(OCC2(O)OC(C)(Oc3c(-c4ccc(O)c(O)c4)oc4cc(O)cc(O)c4c3=O)C(C)(O)C(C)(C)C2(C)O)C(C)(O)C(C)(O)C1(C)O. The summed E-state index contributed by atoms with van der Waals surface area (Å²) in [5.74, 6) is -11.2. The predicted molar refractivity (Wildman–Crippen MR) is 186 cm³/mol. The molecule has 0 spiro atoms. The lowest BCUT2D eigenvalue weighted by Crippen LogP contribution is -2.85. The van der Waals surface area contributed by atoms with Crippen LogP contribution >= 0.6 is 0 Å². The van der Waals surface area contributed by atoms with Gasteiger partial charge in [-0.1, -0.05) is 13.8 Å². The Bertz CT molecular complexity index is 2020. The van der Waals surface area contributed by atoms with E-state index < -0.39 is 108 Å². The predicted octanol–water partition coefficient (Wildman–Crippen LogP) is 2.42. The highest BCUT2D eigenvalue weighted by atomic mass is 16.8. The van der Waals surface area contributed by atoms with E-state index in [1.54, 1.807) is 0 Å². The summed E-state index contributed by atoms with van der Waals surface area (Å²) >= 11 is 0. The van der Waals surface area contributed by atoms with Crippen LogP contribution in [0.25, 0.3) is 22.3 Å². The van der Waals surface area contributed by atoms with E-state index in [1.165, 1.54) is 61.5 Å². The summed E-state index contributed by atoms with van der Waals surface area (Å²) < 4.78 is 30.4. The van der Waals surface area contributed by atoms with Crippen LogP contribution in [0.5, 0.6) is 28.7 Å². The van der Waals surface area contributed by atoms with Gasteiger partial charge in [0.2, 0.25) is 22.8 Å². The molecular weight excluding hydrogens is 700 g/mol. The van der Waals surface area contributed by atoms with E-state index in [1.807, 2.05) is 0 Å². The molecule has 0 aliphatic carbocycles. The molecule has 10 N–H and O–H groups in total. The van der Waals surface area contributed by atoms with Gasteiger partial charge in [0.05, 0.1) is 5.60 Å². The topological polar surface area (TPSA) is 269 Å². The summed E-state index contributed by atoms with van der Waals surface area (Å²) in [5, 5.41) is 112. The molecule has 16 nitrogen and oxygen atoms in total. The van der Waals surface area contributed by atoms with Crippen molar-refractivity contribution in [1.29, 1.82) is 0 Å². The third-order valence-electron chi connectivity index (χ3n) is 12.8. The van der Waals surface area contributed by atoms with E-state index in [4.69, 9.17) is 23.4 Å². The fraction of sp³-hybridized carbons (Fsp3) is 0.595. The highest BCUT2D eigenvalue weighted by Gasteiger charge is 2.77. The second-order valence-corrected chi connectivity index (χ2v) is 16.4. The fourth-order valence-corrected chi connectivity index (χ4v) is 7.34. The molecule has 2 fully saturated rings. The Kier molecular flexibility index (Phi) is 8.71. The lowest BCUT2D eigenvalue weighted by atomic mass is 9.57. The smallest absolute Gasteiger partial charge is 0.240 e. The van der Waals surface area contributed by atoms with Crippen LogP contribution in [0.15, 0.2) is 39.5 Å². The quantitative estimate of drug-likeness (QED) is 0.162. The lowest BCUT2D eigenvalue weighted by molar-refractivity contribution is -0.500. The van der Waals surface area contributed by atoms with E-state index in [9.17, 15) is 55.9 Å². The molecule has 2 aliphatic rings. The monoisotopic (exact) mass is 750 g/mol. The van der Waals surface area contributed by atoms with Crippen LogP contribution in [0.4, 0.5) is 0 Å². The summed E-state index contributed by atoms with van der Waals surface area (Å²) in [5.41, 5.74) is -16.4. The van der Waals surface area contributed by atoms with Crippen molar-refractivity contribution in [1.82, 2.24) is 0 Å². The summed E-state index contributed by atoms with van der Waals surface area (Å²) in [4.78, 5) is 14.2. The van der Waals surface area contributed by atoms with Gasteiger partial charge in [-0.3, -0.25) is 4.79 Å². The number of hydrogen-bond donors (Lipinski definition) is 10. The first kappa shape index (κ1) is 40.5. The number of ether oxygens (including phenoxy) is 4. The van der Waals surface area contributed by atoms with Crippen LogP contribution in [0.1, 0.15) is 76.2 Å². The Hall–Kier alpha value is -3.71. The van der Waals surface area contributed by atoms with Gasteiger partial charge in [0, 0.05) is 30.0 Å². The van der Waals surface area contributed by atoms with Crippen LogP contribution in [-0.4, -0.2) is 109 Å². The van der Waals surface area contributed by atoms with Crippen LogP contribution in [0.3, 0.4) is 0 Å². The maximum atomic E-state index is 14.2. The maximum absolute atomic E-state index is 14.2. The summed E-state index contributed by atoms with van der Waals surface area (Å²) in [6.07, 6.45) is 0. The Balaban J connectivity index is 1.68. The van der Waals surface area contributed by atoms with E-state index in [0.717, 1.165) is 45.0 Å². The first-order chi connectivity index (χ1) is 23.7. The molecule has 5 rings (SSSR count). The molecule has 2 aromatic carbocycles. The molecule has 294 valence electrons. The van der Waals surface area contributed by atoms with E-state index in [0.29, 0.717) is 0 Å². The average molecular weight is 751 g/mol. The third-order valence-corrected chi connectivity index (χ3v) is 12.8. The van der Waals surface area contributed by atoms with Crippen molar-refractivity contribution in [3.8, 4) is 40.1 Å². The van der Waals surface area contributed by atoms with Crippen molar-refractivity contribution < 1.29 is 74.4 Å². The standard InChI is InChI=1S/C37H50O16/c1-28(2)30(5,43)36(11,51-27-25(42)24-22(41)15-19(38)16-23(24)50-26(27)18-12-13-20(39)21(40)14-18)53-37(48,31(28,6)44)17-49-35(10)34(9,47)33(8,46)32(7,45)29(3,4)52-35/h12-16,38-41,43-48H,17H2,1-11H3. The molecule has 16 heteroatoms. The van der Waals surface area contributed by atoms with Gasteiger partial charge in [0.25, 0.3) is 0 Å². The minimum absolute atomic E-state index is 0.0591. The number of phenolic OH excluding ortho intramolecular Hbond substituents is 4. The van der Waals surface area contributed by atoms with Gasteiger partial charge < -0.3 is 74.4 Å². The molecule has 1 aromatic heterocycles. The van der Waals surface area contributed by atoms with E-state index >= 15 is 0 Å². The number of aromatic hydroxyl groups is 4. The van der Waals surface area contributed by atoms with Gasteiger partial charge in [-0.2, -0.15) is 0 Å². The van der Waals surface area contributed by atoms with Crippen LogP contribution in [-0.2, 0) is 14.2 Å². The largest absolute Gasteiger partial charge is 0.508 e. The highest BCUT2D eigenvalue weighted by molar-refractivity contribution is 5.88. The van der Waals surface area contributed by atoms with E-state index in [-0.39, 0.29) is 11.1 Å². The first-order valence-electron chi connectivity index (χ1n) is 16.8. The zero-order chi connectivity index (χ0) is 40.6. The lowest BCUT2D eigenvalue weighted by Gasteiger charge is -2.66. The summed E-state index contributed by atoms with van der Waals surface area (Å²) in [6, 6.07) is 5.28. The van der Waals surface area contributed by atoms with Crippen LogP contribution in [0, 0.1) is 5.41 Å². The molecule has 0 bridgehead atoms. The number of rotatable bonds is 6. The van der Waals surface area contributed by atoms with Gasteiger partial charge in [-0.05, 0) is 73.6 Å². The van der Waals surface area contributed by atoms with Crippen molar-refractivity contribution >= 4 is 11.0 Å². The number of benzene rings is 2. The Morgan fingerprint density at radius 3 is 1.77 bits per heavy atom. The van der Waals surface area contributed by atoms with Crippen LogP contribution in [0.2, 0.25) is 0 Å². The molecule has 3 aromatic rings. The van der Waals surface area contributed by atoms with Crippen molar-refractivity contribution in [3.05, 3.63) is 40.6 Å². The van der Waals surface area contributed by atoms with Crippen LogP contribution < -0.4 is 10.2 Å². The summed E-state index contributed by atoms with van der Waals surface area (Å²) in [6.45, 7) is 13.0. The zero-order valence-corrected chi connectivity index (χ0v) is 31.5. The molecule has 8 unspecified atom stereocenters. The number of aliphatic hydroxyl groups is 6. The van der Waals surface area contributed by atoms with Gasteiger partial charge in [0.1, 0.15) is 57.1 Å². The average Bonchev–Trinajstić information content (AvgIpc) is 3.00. The van der Waals surface area contributed by atoms with Crippen molar-refractivity contribution in [3.63, 3.8) is 0 Å². The normalized spacial score (nSPS) is 39.6. The highest BCUT2D eigenvalue weighted by Crippen LogP contribution is 2.59. The number of phenols is 4. The summed E-state index contributed by atoms with van der Waals surface area (Å²) in [7, 11) is 0. The van der Waals surface area contributed by atoms with Crippen molar-refractivity contribution in [2.75, 3.05) is 6.61 Å². The molecular formula is C37H50O16. The number of fused-ring (bicyclic) bond motifs is 1. The Labute approximate surface area is 305 Å². The molecule has 53 heavy (non-hydrogen) atoms. The fourth-order valence-electron chi connectivity index (χ4n) is 7.34. The van der Waals surface area contributed by atoms with Gasteiger partial charge in [0.15, 0.2) is 23.0 Å². The zero-order valence-electron chi connectivity index (χ0n) is 31.5. The molecule has 3 heterocycles. The van der Waals surface area contributed by atoms with Gasteiger partial charge >= 0.3 is 0 Å². The molecule has 2 saturated heterocycles. The molecule has 0 amide bonds. The van der Waals surface area contributed by atoms with Crippen molar-refractivity contribution in [2.24, 2.45) is 5.41 Å². The number of hydrogen-bond acceptors (Lipinski definition) is 16. The maximum Gasteiger partial charge on any atom is 0.240 e. The second kappa shape index (κ2) is 11.4. The molecule has 0 radical (unpaired) electrons. The van der Waals surface area contributed by atoms with Gasteiger partial charge in [-0.25, -0.2) is 0 Å². The minimum Gasteiger partial charge on any atom is -0.508 e. The van der Waals surface area contributed by atoms with Gasteiger partial charge in [-0.15, -0.1) is 0 Å². The van der Waals surface area contributed by atoms with E-state index in [2.05, 4.69) is 0 Å². The third kappa shape index (κ3) is 5.18. The van der Waals surface area contributed by atoms with Crippen molar-refractivity contribution in [2.45, 2.75) is 127 Å². The molecule has 2 aliphatic heterocycles. The second-order valence-electron chi connectivity index (χ2n) is 16.4.